The van der Waals surface area contributed by atoms with Gasteiger partial charge in [0.05, 0.1) is 17.7 Å². The molecule has 0 aliphatic carbocycles. The van der Waals surface area contributed by atoms with Gasteiger partial charge in [-0.25, -0.2) is 4.98 Å². The number of nitrogens with two attached hydrogens (primary N) is 1. The number of methoxy groups -OCH3 is 1. The molecule has 5 heteroatoms. The smallest absolute Gasteiger partial charge is 0.254 e. The van der Waals surface area contributed by atoms with E-state index in [1.165, 1.54) is 0 Å². The molecule has 106 valence electrons. The van der Waals surface area contributed by atoms with Crippen LogP contribution < -0.4 is 5.73 Å². The van der Waals surface area contributed by atoms with E-state index in [9.17, 15) is 4.79 Å². The molecule has 0 spiro atoms. The molecule has 0 atom stereocenters. The highest BCUT2D eigenvalue weighted by Crippen LogP contribution is 2.20. The molecule has 0 saturated carbocycles. The Morgan fingerprint density at radius 2 is 2.15 bits per heavy atom. The topological polar surface area (TPSA) is 68.5 Å². The number of carbonyl (C=O) groups excluding carboxylic acids is 1. The van der Waals surface area contributed by atoms with Crippen LogP contribution in [0.1, 0.15) is 17.3 Å². The quantitative estimate of drug-likeness (QED) is 0.903. The lowest BCUT2D eigenvalue weighted by Gasteiger charge is -2.21. The van der Waals surface area contributed by atoms with Crippen molar-refractivity contribution in [2.24, 2.45) is 0 Å². The Labute approximate surface area is 118 Å². The maximum Gasteiger partial charge on any atom is 0.254 e. The van der Waals surface area contributed by atoms with Crippen molar-refractivity contribution in [1.29, 1.82) is 0 Å². The van der Waals surface area contributed by atoms with E-state index in [0.717, 1.165) is 10.9 Å². The number of rotatable bonds is 5. The van der Waals surface area contributed by atoms with Crippen molar-refractivity contribution in [1.82, 2.24) is 9.88 Å². The van der Waals surface area contributed by atoms with Gasteiger partial charge in [0, 0.05) is 25.6 Å². The number of carbonyl (C=O) groups is 1. The highest BCUT2D eigenvalue weighted by molar-refractivity contribution is 6.06. The summed E-state index contributed by atoms with van der Waals surface area (Å²) in [6, 6.07) is 9.15. The predicted molar refractivity (Wildman–Crippen MR) is 79.6 cm³/mol. The molecule has 1 aromatic heterocycles. The molecule has 2 N–H and O–H groups in total. The molecule has 0 saturated heterocycles. The zero-order chi connectivity index (χ0) is 14.5. The van der Waals surface area contributed by atoms with Gasteiger partial charge in [-0.15, -0.1) is 0 Å². The van der Waals surface area contributed by atoms with Crippen LogP contribution in [0, 0.1) is 0 Å². The average Bonchev–Trinajstić information content (AvgIpc) is 2.46. The third-order valence-electron chi connectivity index (χ3n) is 3.20. The SMILES string of the molecule is CCN(CCOC)C(=O)c1cc(N)nc2ccccc12. The minimum Gasteiger partial charge on any atom is -0.384 e. The second-order valence-electron chi connectivity index (χ2n) is 4.49. The van der Waals surface area contributed by atoms with E-state index in [0.29, 0.717) is 31.1 Å². The summed E-state index contributed by atoms with van der Waals surface area (Å²) >= 11 is 0. The van der Waals surface area contributed by atoms with Crippen molar-refractivity contribution in [3.05, 3.63) is 35.9 Å². The minimum absolute atomic E-state index is 0.0464. The van der Waals surface area contributed by atoms with E-state index in [1.54, 1.807) is 18.1 Å². The minimum atomic E-state index is -0.0464. The zero-order valence-corrected chi connectivity index (χ0v) is 11.8. The number of ether oxygens (including phenoxy) is 1. The number of likely N-dealkylation sites (N-methyl/N-ethyl adjacent to an activating group) is 1. The Balaban J connectivity index is 2.42. The van der Waals surface area contributed by atoms with Crippen LogP contribution in [0.4, 0.5) is 5.82 Å². The van der Waals surface area contributed by atoms with Crippen LogP contribution in [0.2, 0.25) is 0 Å². The summed E-state index contributed by atoms with van der Waals surface area (Å²) in [6.07, 6.45) is 0. The third-order valence-corrected chi connectivity index (χ3v) is 3.20. The summed E-state index contributed by atoms with van der Waals surface area (Å²) < 4.78 is 5.04. The number of hydrogen-bond donors (Lipinski definition) is 1. The standard InChI is InChI=1S/C15H19N3O2/c1-3-18(8-9-20-2)15(19)12-10-14(16)17-13-7-5-4-6-11(12)13/h4-7,10H,3,8-9H2,1-2H3,(H2,16,17). The van der Waals surface area contributed by atoms with Gasteiger partial charge >= 0.3 is 0 Å². The molecule has 0 radical (unpaired) electrons. The van der Waals surface area contributed by atoms with Gasteiger partial charge in [-0.2, -0.15) is 0 Å². The summed E-state index contributed by atoms with van der Waals surface area (Å²) in [5.74, 6) is 0.310. The van der Waals surface area contributed by atoms with Crippen molar-refractivity contribution in [3.8, 4) is 0 Å². The van der Waals surface area contributed by atoms with Crippen LogP contribution in [0.25, 0.3) is 10.9 Å². The molecule has 0 aliphatic heterocycles. The maximum absolute atomic E-state index is 12.6. The number of hydrogen-bond acceptors (Lipinski definition) is 4. The molecule has 0 fully saturated rings. The van der Waals surface area contributed by atoms with Crippen LogP contribution in [-0.2, 0) is 4.74 Å². The molecule has 0 unspecified atom stereocenters. The Hall–Kier alpha value is -2.14. The monoisotopic (exact) mass is 273 g/mol. The summed E-state index contributed by atoms with van der Waals surface area (Å²) in [7, 11) is 1.62. The molecule has 20 heavy (non-hydrogen) atoms. The highest BCUT2D eigenvalue weighted by Gasteiger charge is 2.17. The second-order valence-corrected chi connectivity index (χ2v) is 4.49. The van der Waals surface area contributed by atoms with Crippen LogP contribution in [0.5, 0.6) is 0 Å². The van der Waals surface area contributed by atoms with Crippen molar-refractivity contribution < 1.29 is 9.53 Å². The van der Waals surface area contributed by atoms with Crippen LogP contribution in [0.15, 0.2) is 30.3 Å². The first-order valence-electron chi connectivity index (χ1n) is 6.60. The number of nitrogens with zero attached hydrogens (tertiary/aromatic N) is 2. The van der Waals surface area contributed by atoms with Gasteiger partial charge in [-0.05, 0) is 19.1 Å². The third kappa shape index (κ3) is 2.88. The van der Waals surface area contributed by atoms with E-state index in [1.807, 2.05) is 31.2 Å². The molecule has 1 amide bonds. The maximum atomic E-state index is 12.6. The molecule has 1 aromatic carbocycles. The van der Waals surface area contributed by atoms with Crippen LogP contribution >= 0.6 is 0 Å². The number of nitrogen functional groups attached to an aromatic ring is 1. The number of amides is 1. The van der Waals surface area contributed by atoms with Gasteiger partial charge in [-0.1, -0.05) is 18.2 Å². The Bertz CT molecular complexity index is 613. The van der Waals surface area contributed by atoms with E-state index in [4.69, 9.17) is 10.5 Å². The molecule has 0 aliphatic rings. The number of benzene rings is 1. The summed E-state index contributed by atoms with van der Waals surface area (Å²) in [6.45, 7) is 3.64. The first kappa shape index (κ1) is 14.3. The largest absolute Gasteiger partial charge is 0.384 e. The van der Waals surface area contributed by atoms with Gasteiger partial charge < -0.3 is 15.4 Å². The van der Waals surface area contributed by atoms with Crippen molar-refractivity contribution in [3.63, 3.8) is 0 Å². The molecule has 2 aromatic rings. The Kier molecular flexibility index (Phi) is 4.53. The van der Waals surface area contributed by atoms with Gasteiger partial charge in [0.2, 0.25) is 0 Å². The van der Waals surface area contributed by atoms with E-state index in [2.05, 4.69) is 4.98 Å². The first-order valence-corrected chi connectivity index (χ1v) is 6.60. The fourth-order valence-electron chi connectivity index (χ4n) is 2.15. The number of para-hydroxylation sites is 1. The molecule has 1 heterocycles. The number of pyridine rings is 1. The lowest BCUT2D eigenvalue weighted by atomic mass is 10.1. The van der Waals surface area contributed by atoms with E-state index >= 15 is 0 Å². The molecular formula is C15H19N3O2. The normalized spacial score (nSPS) is 10.7. The van der Waals surface area contributed by atoms with Crippen molar-refractivity contribution in [2.75, 3.05) is 32.5 Å². The van der Waals surface area contributed by atoms with Gasteiger partial charge in [0.1, 0.15) is 5.82 Å². The Morgan fingerprint density at radius 1 is 1.40 bits per heavy atom. The Morgan fingerprint density at radius 3 is 2.85 bits per heavy atom. The number of anilines is 1. The summed E-state index contributed by atoms with van der Waals surface area (Å²) in [4.78, 5) is 18.6. The molecule has 0 bridgehead atoms. The van der Waals surface area contributed by atoms with Gasteiger partial charge in [0.25, 0.3) is 5.91 Å². The van der Waals surface area contributed by atoms with Crippen molar-refractivity contribution in [2.45, 2.75) is 6.92 Å². The van der Waals surface area contributed by atoms with Crippen molar-refractivity contribution >= 4 is 22.6 Å². The van der Waals surface area contributed by atoms with E-state index < -0.39 is 0 Å². The van der Waals surface area contributed by atoms with E-state index in [-0.39, 0.29) is 5.91 Å². The fraction of sp³-hybridized carbons (Fsp3) is 0.333. The van der Waals surface area contributed by atoms with Crippen LogP contribution in [0.3, 0.4) is 0 Å². The van der Waals surface area contributed by atoms with Gasteiger partial charge in [-0.3, -0.25) is 4.79 Å². The summed E-state index contributed by atoms with van der Waals surface area (Å²) in [5.41, 5.74) is 7.12. The zero-order valence-electron chi connectivity index (χ0n) is 11.8. The van der Waals surface area contributed by atoms with Crippen LogP contribution in [-0.4, -0.2) is 42.6 Å². The second kappa shape index (κ2) is 6.34. The summed E-state index contributed by atoms with van der Waals surface area (Å²) in [5, 5.41) is 0.822. The average molecular weight is 273 g/mol. The molecule has 2 rings (SSSR count). The highest BCUT2D eigenvalue weighted by atomic mass is 16.5. The molecule has 5 nitrogen and oxygen atoms in total. The number of aromatic nitrogens is 1. The lowest BCUT2D eigenvalue weighted by Crippen LogP contribution is -2.33. The number of fused-ring (bicyclic) bond motifs is 1. The fourth-order valence-corrected chi connectivity index (χ4v) is 2.15. The molecular weight excluding hydrogens is 254 g/mol. The first-order chi connectivity index (χ1) is 9.67. The van der Waals surface area contributed by atoms with Gasteiger partial charge in [0.15, 0.2) is 0 Å². The lowest BCUT2D eigenvalue weighted by molar-refractivity contribution is 0.0708. The predicted octanol–water partition coefficient (Wildman–Crippen LogP) is 1.93.